The molecule has 2 aromatic rings. The highest BCUT2D eigenvalue weighted by atomic mass is 32.2. The maximum Gasteiger partial charge on any atom is 0.234 e. The van der Waals surface area contributed by atoms with Gasteiger partial charge in [-0.25, -0.2) is 4.98 Å². The predicted molar refractivity (Wildman–Crippen MR) is 128 cm³/mol. The number of carbonyl (C=O) groups excluding carboxylic acids is 1. The summed E-state index contributed by atoms with van der Waals surface area (Å²) in [6.45, 7) is 0. The Kier molecular flexibility index (Phi) is 5.96. The molecule has 0 spiro atoms. The zero-order valence-electron chi connectivity index (χ0n) is 19.1. The summed E-state index contributed by atoms with van der Waals surface area (Å²) in [5.41, 5.74) is 2.46. The molecule has 0 unspecified atom stereocenters. The van der Waals surface area contributed by atoms with Crippen LogP contribution in [0.1, 0.15) is 49.8 Å². The van der Waals surface area contributed by atoms with Crippen LogP contribution in [0.5, 0.6) is 11.5 Å². The summed E-state index contributed by atoms with van der Waals surface area (Å²) in [7, 11) is 3.13. The molecular formula is C26H29N3O3S. The average Bonchev–Trinajstić information content (AvgIpc) is 2.81. The predicted octanol–water partition coefficient (Wildman–Crippen LogP) is 5.17. The number of anilines is 1. The third-order valence-corrected chi connectivity index (χ3v) is 8.56. The van der Waals surface area contributed by atoms with Crippen molar-refractivity contribution in [2.45, 2.75) is 49.0 Å². The third-order valence-electron chi connectivity index (χ3n) is 7.57. The lowest BCUT2D eigenvalue weighted by molar-refractivity contribution is -0.113. The SMILES string of the molecule is COc1ccc(NC(=O)CSc2nc(C34CC5CC(CC(C5)C3)C4)ccc2C#N)cc1OC. The lowest BCUT2D eigenvalue weighted by Crippen LogP contribution is -2.49. The number of benzene rings is 1. The molecule has 0 atom stereocenters. The average molecular weight is 464 g/mol. The van der Waals surface area contributed by atoms with Crippen LogP contribution in [0.2, 0.25) is 0 Å². The largest absolute Gasteiger partial charge is 0.493 e. The second-order valence-corrected chi connectivity index (χ2v) is 10.7. The number of ether oxygens (including phenoxy) is 2. The number of aromatic nitrogens is 1. The van der Waals surface area contributed by atoms with Crippen LogP contribution < -0.4 is 14.8 Å². The first-order chi connectivity index (χ1) is 16.0. The van der Waals surface area contributed by atoms with Crippen LogP contribution in [0, 0.1) is 29.1 Å². The van der Waals surface area contributed by atoms with Crippen LogP contribution >= 0.6 is 11.8 Å². The summed E-state index contributed by atoms with van der Waals surface area (Å²) in [4.78, 5) is 17.6. The van der Waals surface area contributed by atoms with Crippen molar-refractivity contribution < 1.29 is 14.3 Å². The minimum absolute atomic E-state index is 0.155. The highest BCUT2D eigenvalue weighted by molar-refractivity contribution is 8.00. The minimum atomic E-state index is -0.155. The maximum atomic E-state index is 12.6. The van der Waals surface area contributed by atoms with Gasteiger partial charge < -0.3 is 14.8 Å². The smallest absolute Gasteiger partial charge is 0.234 e. The molecule has 4 saturated carbocycles. The van der Waals surface area contributed by atoms with E-state index in [0.717, 1.165) is 23.4 Å². The summed E-state index contributed by atoms with van der Waals surface area (Å²) in [5, 5.41) is 13.2. The quantitative estimate of drug-likeness (QED) is 0.571. The number of nitriles is 1. The van der Waals surface area contributed by atoms with E-state index in [1.807, 2.05) is 6.07 Å². The minimum Gasteiger partial charge on any atom is -0.493 e. The van der Waals surface area contributed by atoms with Crippen molar-refractivity contribution in [3.63, 3.8) is 0 Å². The molecule has 6 rings (SSSR count). The fourth-order valence-electron chi connectivity index (χ4n) is 6.60. The lowest BCUT2D eigenvalue weighted by Gasteiger charge is -2.56. The Labute approximate surface area is 199 Å². The molecule has 1 aromatic carbocycles. The summed E-state index contributed by atoms with van der Waals surface area (Å²) in [5.74, 6) is 3.68. The van der Waals surface area contributed by atoms with Gasteiger partial charge in [-0.05, 0) is 80.5 Å². The van der Waals surface area contributed by atoms with Gasteiger partial charge in [-0.1, -0.05) is 11.8 Å². The fraction of sp³-hybridized carbons (Fsp3) is 0.500. The molecule has 7 heteroatoms. The van der Waals surface area contributed by atoms with Crippen molar-refractivity contribution in [2.75, 3.05) is 25.3 Å². The number of methoxy groups -OCH3 is 2. The van der Waals surface area contributed by atoms with Gasteiger partial charge in [0.15, 0.2) is 11.5 Å². The number of thioether (sulfide) groups is 1. The first-order valence-corrected chi connectivity index (χ1v) is 12.6. The number of hydrogen-bond donors (Lipinski definition) is 1. The molecule has 4 aliphatic rings. The summed E-state index contributed by atoms with van der Waals surface area (Å²) in [6, 6.07) is 11.5. The molecule has 4 fully saturated rings. The number of hydrogen-bond acceptors (Lipinski definition) is 6. The maximum absolute atomic E-state index is 12.6. The molecule has 0 saturated heterocycles. The van der Waals surface area contributed by atoms with E-state index in [0.29, 0.717) is 27.8 Å². The van der Waals surface area contributed by atoms with Gasteiger partial charge in [0.1, 0.15) is 11.1 Å². The topological polar surface area (TPSA) is 84.2 Å². The molecule has 4 bridgehead atoms. The fourth-order valence-corrected chi connectivity index (χ4v) is 7.37. The summed E-state index contributed by atoms with van der Waals surface area (Å²) in [6.07, 6.45) is 7.82. The highest BCUT2D eigenvalue weighted by Crippen LogP contribution is 2.60. The Hall–Kier alpha value is -2.72. The third kappa shape index (κ3) is 4.29. The number of nitrogens with one attached hydrogen (secondary N) is 1. The van der Waals surface area contributed by atoms with Crippen LogP contribution in [0.25, 0.3) is 0 Å². The number of nitrogens with zero attached hydrogens (tertiary/aromatic N) is 2. The molecule has 1 amide bonds. The van der Waals surface area contributed by atoms with Gasteiger partial charge in [-0.3, -0.25) is 4.79 Å². The molecule has 0 radical (unpaired) electrons. The monoisotopic (exact) mass is 463 g/mol. The van der Waals surface area contributed by atoms with E-state index < -0.39 is 0 Å². The summed E-state index contributed by atoms with van der Waals surface area (Å²) >= 11 is 1.33. The van der Waals surface area contributed by atoms with Crippen molar-refractivity contribution in [1.82, 2.24) is 4.98 Å². The van der Waals surface area contributed by atoms with Crippen molar-refractivity contribution in [2.24, 2.45) is 17.8 Å². The van der Waals surface area contributed by atoms with Gasteiger partial charge in [0.05, 0.1) is 25.5 Å². The first kappa shape index (κ1) is 22.1. The Balaban J connectivity index is 1.30. The normalized spacial score (nSPS) is 27.1. The zero-order chi connectivity index (χ0) is 23.0. The molecule has 1 heterocycles. The Morgan fingerprint density at radius 1 is 1.09 bits per heavy atom. The lowest BCUT2D eigenvalue weighted by atomic mass is 9.49. The number of carbonyl (C=O) groups is 1. The van der Waals surface area contributed by atoms with E-state index in [9.17, 15) is 10.1 Å². The highest BCUT2D eigenvalue weighted by Gasteiger charge is 2.52. The van der Waals surface area contributed by atoms with Gasteiger partial charge in [0.2, 0.25) is 5.91 Å². The number of pyridine rings is 1. The molecule has 1 aromatic heterocycles. The van der Waals surface area contributed by atoms with Crippen LogP contribution in [0.4, 0.5) is 5.69 Å². The Bertz CT molecular complexity index is 1080. The van der Waals surface area contributed by atoms with E-state index in [4.69, 9.17) is 14.5 Å². The van der Waals surface area contributed by atoms with Crippen LogP contribution in [-0.2, 0) is 10.2 Å². The summed E-state index contributed by atoms with van der Waals surface area (Å²) < 4.78 is 10.5. The van der Waals surface area contributed by atoms with Crippen molar-refractivity contribution in [3.05, 3.63) is 41.6 Å². The van der Waals surface area contributed by atoms with Crippen LogP contribution in [0.3, 0.4) is 0 Å². The zero-order valence-corrected chi connectivity index (χ0v) is 19.9. The van der Waals surface area contributed by atoms with Gasteiger partial charge in [-0.2, -0.15) is 5.26 Å². The Morgan fingerprint density at radius 3 is 2.36 bits per heavy atom. The van der Waals surface area contributed by atoms with E-state index >= 15 is 0 Å². The second-order valence-electron chi connectivity index (χ2n) is 9.77. The molecule has 6 nitrogen and oxygen atoms in total. The van der Waals surface area contributed by atoms with Crippen molar-refractivity contribution in [3.8, 4) is 17.6 Å². The van der Waals surface area contributed by atoms with E-state index in [1.165, 1.54) is 50.3 Å². The van der Waals surface area contributed by atoms with Gasteiger partial charge in [-0.15, -0.1) is 0 Å². The second kappa shape index (κ2) is 8.90. The van der Waals surface area contributed by atoms with Crippen molar-refractivity contribution >= 4 is 23.4 Å². The van der Waals surface area contributed by atoms with Gasteiger partial charge >= 0.3 is 0 Å². The standard InChI is InChI=1S/C26H29N3O3S/c1-31-21-5-4-20(10-22(21)32-2)28-24(30)15-33-25-19(14-27)3-6-23(29-25)26-11-16-7-17(12-26)9-18(8-16)13-26/h3-6,10,16-18H,7-9,11-13,15H2,1-2H3,(H,28,30). The molecule has 1 N–H and O–H groups in total. The van der Waals surface area contributed by atoms with Crippen molar-refractivity contribution in [1.29, 1.82) is 5.26 Å². The van der Waals surface area contributed by atoms with Gasteiger partial charge in [0.25, 0.3) is 0 Å². The molecule has 33 heavy (non-hydrogen) atoms. The first-order valence-electron chi connectivity index (χ1n) is 11.6. The molecule has 4 aliphatic carbocycles. The van der Waals surface area contributed by atoms with E-state index in [1.54, 1.807) is 32.4 Å². The Morgan fingerprint density at radius 2 is 1.76 bits per heavy atom. The van der Waals surface area contributed by atoms with E-state index in [2.05, 4.69) is 17.5 Å². The van der Waals surface area contributed by atoms with Gasteiger partial charge in [0, 0.05) is 22.9 Å². The van der Waals surface area contributed by atoms with Crippen LogP contribution in [0.15, 0.2) is 35.4 Å². The molecular weight excluding hydrogens is 434 g/mol. The number of rotatable bonds is 7. The molecule has 172 valence electrons. The van der Waals surface area contributed by atoms with E-state index in [-0.39, 0.29) is 17.1 Å². The van der Waals surface area contributed by atoms with Crippen LogP contribution in [-0.4, -0.2) is 30.9 Å². The molecule has 0 aliphatic heterocycles. The number of amides is 1.